The molecule has 12 heteroatoms. The van der Waals surface area contributed by atoms with Crippen molar-refractivity contribution in [2.45, 2.75) is 75.8 Å². The van der Waals surface area contributed by atoms with Crippen LogP contribution in [-0.2, 0) is 21.5 Å². The number of aliphatic hydroxyl groups is 4. The van der Waals surface area contributed by atoms with Gasteiger partial charge in [0.25, 0.3) is 0 Å². The van der Waals surface area contributed by atoms with E-state index >= 15 is 0 Å². The van der Waals surface area contributed by atoms with Crippen molar-refractivity contribution in [3.05, 3.63) is 147 Å². The Morgan fingerprint density at radius 2 is 1.68 bits per heavy atom. The molecule has 4 aromatic rings. The lowest BCUT2D eigenvalue weighted by molar-refractivity contribution is -0.401. The first-order valence-corrected chi connectivity index (χ1v) is 20.0. The molecule has 4 aromatic carbocycles. The summed E-state index contributed by atoms with van der Waals surface area (Å²) in [5, 5.41) is 40.5. The maximum absolute atomic E-state index is 13.2. The summed E-state index contributed by atoms with van der Waals surface area (Å²) in [7, 11) is 3.48. The third-order valence-electron chi connectivity index (χ3n) is 11.7. The molecule has 3 heterocycles. The van der Waals surface area contributed by atoms with Gasteiger partial charge in [-0.3, -0.25) is 0 Å². The summed E-state index contributed by atoms with van der Waals surface area (Å²) < 4.78 is 31.8. The number of esters is 1. The molecule has 306 valence electrons. The third kappa shape index (κ3) is 7.48. The predicted molar refractivity (Wildman–Crippen MR) is 221 cm³/mol. The van der Waals surface area contributed by atoms with Crippen LogP contribution in [0.1, 0.15) is 65.7 Å². The minimum atomic E-state index is -1.55. The minimum absolute atomic E-state index is 0.138. The first kappa shape index (κ1) is 40.5. The molecule has 1 aliphatic carbocycles. The van der Waals surface area contributed by atoms with E-state index in [-0.39, 0.29) is 12.0 Å². The Kier molecular flexibility index (Phi) is 11.3. The van der Waals surface area contributed by atoms with Crippen molar-refractivity contribution < 1.29 is 53.5 Å². The number of allylic oxidation sites excluding steroid dienone is 4. The van der Waals surface area contributed by atoms with E-state index in [1.165, 1.54) is 24.1 Å². The SMILES string of the molecule is COC(=O)c1ccccc1C1=C2CCCC(/C=C/C3=[N+](C)c4ccccc4C3(C)C)=C2Oc2cc(OCc3ccc(O[C@@H]4OC(CO)[C@H](O)C(O)[C@@H]4O)cc3)c(Cl)cc21. The molecule has 0 aromatic heterocycles. The Morgan fingerprint density at radius 3 is 2.42 bits per heavy atom. The molecule has 4 N–H and O–H groups in total. The van der Waals surface area contributed by atoms with Crippen LogP contribution < -0.4 is 14.2 Å². The fourth-order valence-corrected chi connectivity index (χ4v) is 8.72. The summed E-state index contributed by atoms with van der Waals surface area (Å²) in [4.78, 5) is 13.2. The van der Waals surface area contributed by atoms with Gasteiger partial charge in [0.2, 0.25) is 12.0 Å². The normalized spacial score (nSPS) is 23.4. The average Bonchev–Trinajstić information content (AvgIpc) is 3.44. The number of carbonyl (C=O) groups excluding carboxylic acids is 1. The van der Waals surface area contributed by atoms with Crippen molar-refractivity contribution in [3.63, 3.8) is 0 Å². The van der Waals surface area contributed by atoms with Crippen molar-refractivity contribution in [2.24, 2.45) is 0 Å². The molecule has 1 saturated heterocycles. The van der Waals surface area contributed by atoms with E-state index in [0.717, 1.165) is 58.4 Å². The Labute approximate surface area is 347 Å². The maximum atomic E-state index is 13.2. The summed E-state index contributed by atoms with van der Waals surface area (Å²) in [6, 6.07) is 26.4. The number of ether oxygens (including phenoxy) is 5. The summed E-state index contributed by atoms with van der Waals surface area (Å²) in [6.07, 6.45) is -0.166. The Balaban J connectivity index is 1.11. The molecule has 1 fully saturated rings. The minimum Gasteiger partial charge on any atom is -0.487 e. The highest BCUT2D eigenvalue weighted by molar-refractivity contribution is 6.32. The molecule has 0 bridgehead atoms. The number of hydrogen-bond acceptors (Lipinski definition) is 10. The zero-order valence-corrected chi connectivity index (χ0v) is 34.0. The van der Waals surface area contributed by atoms with Crippen LogP contribution in [0.25, 0.3) is 5.57 Å². The number of para-hydroxylation sites is 1. The molecular weight excluding hydrogens is 774 g/mol. The number of methoxy groups -OCH3 is 1. The fourth-order valence-electron chi connectivity index (χ4n) is 8.50. The molecule has 0 radical (unpaired) electrons. The number of halogens is 1. The number of hydrogen-bond donors (Lipinski definition) is 4. The van der Waals surface area contributed by atoms with Crippen molar-refractivity contribution in [1.29, 1.82) is 0 Å². The number of nitrogens with zero attached hydrogens (tertiary/aromatic N) is 1. The van der Waals surface area contributed by atoms with E-state index in [0.29, 0.717) is 27.8 Å². The van der Waals surface area contributed by atoms with Crippen LogP contribution in [0.5, 0.6) is 17.2 Å². The number of rotatable bonds is 10. The summed E-state index contributed by atoms with van der Waals surface area (Å²) in [5.41, 5.74) is 8.98. The van der Waals surface area contributed by atoms with Gasteiger partial charge in [-0.15, -0.1) is 0 Å². The average molecular weight is 821 g/mol. The molecule has 8 rings (SSSR count). The van der Waals surface area contributed by atoms with Gasteiger partial charge in [0.1, 0.15) is 61.1 Å². The van der Waals surface area contributed by atoms with Gasteiger partial charge in [-0.2, -0.15) is 4.58 Å². The molecule has 0 amide bonds. The van der Waals surface area contributed by atoms with Crippen LogP contribution in [0.4, 0.5) is 5.69 Å². The van der Waals surface area contributed by atoms with Crippen LogP contribution >= 0.6 is 11.6 Å². The highest BCUT2D eigenvalue weighted by Crippen LogP contribution is 2.50. The Hall–Kier alpha value is -5.27. The van der Waals surface area contributed by atoms with Crippen LogP contribution in [-0.4, -0.2) is 88.2 Å². The fraction of sp³-hybridized carbons (Fsp3) is 0.319. The Morgan fingerprint density at radius 1 is 0.932 bits per heavy atom. The second-order valence-corrected chi connectivity index (χ2v) is 16.1. The van der Waals surface area contributed by atoms with Crippen LogP contribution in [0.15, 0.2) is 114 Å². The third-order valence-corrected chi connectivity index (χ3v) is 12.0. The molecule has 0 saturated carbocycles. The number of fused-ring (bicyclic) bond motifs is 3. The topological polar surface area (TPSA) is 147 Å². The molecule has 59 heavy (non-hydrogen) atoms. The zero-order valence-electron chi connectivity index (χ0n) is 33.2. The second-order valence-electron chi connectivity index (χ2n) is 15.6. The van der Waals surface area contributed by atoms with E-state index in [2.05, 4.69) is 61.9 Å². The van der Waals surface area contributed by atoms with Gasteiger partial charge in [0.05, 0.1) is 29.7 Å². The summed E-state index contributed by atoms with van der Waals surface area (Å²) >= 11 is 6.97. The van der Waals surface area contributed by atoms with Gasteiger partial charge in [0, 0.05) is 40.5 Å². The standard InChI is InChI=1S/C47H47ClNO10/c1-47(2)33-14-7-8-15-35(33)49(3)39(47)21-18-27-10-9-13-31-40(29-11-5-6-12-30(29)45(54)55-4)32-22-34(48)37(23-36(32)58-44(27)31)56-25-26-16-19-28(20-17-26)57-46-43(53)42(52)41(51)38(24-50)59-46/h5-8,11-12,14-23,38,41-43,46,50-53H,9-10,13,24-25H2,1-4H3/q+1/b21-18+/t38?,41-,42?,43-,46+/m0/s1. The highest BCUT2D eigenvalue weighted by Gasteiger charge is 2.45. The van der Waals surface area contributed by atoms with Gasteiger partial charge in [-0.05, 0) is 80.2 Å². The van der Waals surface area contributed by atoms with E-state index in [1.807, 2.05) is 24.3 Å². The van der Waals surface area contributed by atoms with E-state index in [9.17, 15) is 25.2 Å². The van der Waals surface area contributed by atoms with Gasteiger partial charge in [-0.25, -0.2) is 4.79 Å². The van der Waals surface area contributed by atoms with Crippen molar-refractivity contribution in [1.82, 2.24) is 0 Å². The summed E-state index contributed by atoms with van der Waals surface area (Å²) in [6.45, 7) is 4.06. The molecule has 11 nitrogen and oxygen atoms in total. The van der Waals surface area contributed by atoms with Gasteiger partial charge in [-0.1, -0.05) is 60.1 Å². The highest BCUT2D eigenvalue weighted by atomic mass is 35.5. The lowest BCUT2D eigenvalue weighted by Crippen LogP contribution is -2.60. The first-order chi connectivity index (χ1) is 28.4. The summed E-state index contributed by atoms with van der Waals surface area (Å²) in [5.74, 6) is 1.56. The first-order valence-electron chi connectivity index (χ1n) is 19.6. The zero-order chi connectivity index (χ0) is 41.6. The van der Waals surface area contributed by atoms with Crippen molar-refractivity contribution in [2.75, 3.05) is 20.8 Å². The number of aliphatic hydroxyl groups excluding tert-OH is 4. The predicted octanol–water partition coefficient (Wildman–Crippen LogP) is 6.78. The molecule has 2 unspecified atom stereocenters. The van der Waals surface area contributed by atoms with E-state index in [4.69, 9.17) is 35.3 Å². The molecule has 5 atom stereocenters. The lowest BCUT2D eigenvalue weighted by Gasteiger charge is -2.39. The maximum Gasteiger partial charge on any atom is 0.338 e. The second kappa shape index (κ2) is 16.4. The number of benzene rings is 4. The van der Waals surface area contributed by atoms with Crippen LogP contribution in [0.2, 0.25) is 5.02 Å². The largest absolute Gasteiger partial charge is 0.487 e. The molecule has 3 aliphatic heterocycles. The van der Waals surface area contributed by atoms with E-state index < -0.39 is 43.3 Å². The van der Waals surface area contributed by atoms with Crippen molar-refractivity contribution in [3.8, 4) is 17.2 Å². The van der Waals surface area contributed by atoms with Gasteiger partial charge >= 0.3 is 5.97 Å². The molecule has 4 aliphatic rings. The smallest absolute Gasteiger partial charge is 0.338 e. The van der Waals surface area contributed by atoms with Crippen LogP contribution in [0, 0.1) is 0 Å². The van der Waals surface area contributed by atoms with Gasteiger partial charge < -0.3 is 44.1 Å². The Bertz CT molecular complexity index is 2410. The number of carbonyl (C=O) groups is 1. The lowest BCUT2D eigenvalue weighted by atomic mass is 9.80. The van der Waals surface area contributed by atoms with E-state index in [1.54, 1.807) is 36.4 Å². The van der Waals surface area contributed by atoms with Crippen molar-refractivity contribution >= 4 is 34.5 Å². The molecule has 0 spiro atoms. The monoisotopic (exact) mass is 820 g/mol. The quantitative estimate of drug-likeness (QED) is 0.0998. The van der Waals surface area contributed by atoms with Gasteiger partial charge in [0.15, 0.2) is 5.71 Å². The molecular formula is C47H47ClNO10+. The van der Waals surface area contributed by atoms with Crippen LogP contribution in [0.3, 0.4) is 0 Å².